The molecule has 0 aromatic carbocycles. The molecule has 0 fully saturated rings. The van der Waals surface area contributed by atoms with Crippen molar-refractivity contribution in [3.05, 3.63) is 23.3 Å². The Morgan fingerprint density at radius 2 is 2.08 bits per heavy atom. The van der Waals surface area contributed by atoms with E-state index in [-0.39, 0.29) is 0 Å². The Bertz CT molecular complexity index is 281. The molecule has 2 N–H and O–H groups in total. The van der Waals surface area contributed by atoms with Crippen LogP contribution in [0.15, 0.2) is 6.07 Å². The Labute approximate surface area is 79.4 Å². The highest BCUT2D eigenvalue weighted by Gasteiger charge is 2.03. The number of hydrogen-bond donors (Lipinski definition) is 1. The molecule has 1 rings (SSSR count). The summed E-state index contributed by atoms with van der Waals surface area (Å²) in [6, 6.07) is 1.93. The lowest BCUT2D eigenvalue weighted by Gasteiger charge is -2.06. The van der Waals surface area contributed by atoms with Crippen molar-refractivity contribution in [2.75, 3.05) is 0 Å². The zero-order valence-electron chi connectivity index (χ0n) is 8.54. The van der Waals surface area contributed by atoms with Crippen molar-refractivity contribution in [1.82, 2.24) is 9.97 Å². The highest BCUT2D eigenvalue weighted by Crippen LogP contribution is 2.05. The van der Waals surface area contributed by atoms with Crippen molar-refractivity contribution in [2.45, 2.75) is 33.7 Å². The number of hydrogen-bond acceptors (Lipinski definition) is 3. The summed E-state index contributed by atoms with van der Waals surface area (Å²) in [6.45, 7) is 6.79. The predicted octanol–water partition coefficient (Wildman–Crippen LogP) is 1.44. The summed E-state index contributed by atoms with van der Waals surface area (Å²) in [4.78, 5) is 8.71. The van der Waals surface area contributed by atoms with E-state index in [0.717, 1.165) is 23.6 Å². The van der Waals surface area contributed by atoms with Gasteiger partial charge in [0.25, 0.3) is 0 Å². The van der Waals surface area contributed by atoms with Crippen LogP contribution in [-0.4, -0.2) is 9.97 Å². The van der Waals surface area contributed by atoms with E-state index >= 15 is 0 Å². The highest BCUT2D eigenvalue weighted by atomic mass is 14.9. The highest BCUT2D eigenvalue weighted by molar-refractivity contribution is 5.09. The van der Waals surface area contributed by atoms with Crippen molar-refractivity contribution < 1.29 is 0 Å². The minimum absolute atomic E-state index is 0.494. The van der Waals surface area contributed by atoms with Gasteiger partial charge >= 0.3 is 0 Å². The molecule has 3 heteroatoms. The summed E-state index contributed by atoms with van der Waals surface area (Å²) in [6.07, 6.45) is 0.925. The van der Waals surface area contributed by atoms with Crippen LogP contribution in [0.3, 0.4) is 0 Å². The summed E-state index contributed by atoms with van der Waals surface area (Å²) in [7, 11) is 0. The second-order valence-corrected chi connectivity index (χ2v) is 3.72. The standard InChI is InChI=1S/C10H17N3/c1-7(2)4-10-12-8(3)5-9(6-11)13-10/h5,7H,4,6,11H2,1-3H3. The molecule has 1 heterocycles. The minimum Gasteiger partial charge on any atom is -0.325 e. The number of aromatic nitrogens is 2. The van der Waals surface area contributed by atoms with Gasteiger partial charge in [0, 0.05) is 18.7 Å². The van der Waals surface area contributed by atoms with Crippen LogP contribution in [-0.2, 0) is 13.0 Å². The molecule has 0 spiro atoms. The van der Waals surface area contributed by atoms with Gasteiger partial charge in [-0.2, -0.15) is 0 Å². The molecule has 72 valence electrons. The third-order valence-electron chi connectivity index (χ3n) is 1.75. The SMILES string of the molecule is Cc1cc(CN)nc(CC(C)C)n1. The molecule has 0 aliphatic heterocycles. The van der Waals surface area contributed by atoms with Crippen LogP contribution in [0.25, 0.3) is 0 Å². The van der Waals surface area contributed by atoms with Crippen LogP contribution in [0, 0.1) is 12.8 Å². The Kier molecular flexibility index (Phi) is 3.37. The van der Waals surface area contributed by atoms with Crippen LogP contribution < -0.4 is 5.73 Å². The van der Waals surface area contributed by atoms with Gasteiger partial charge in [0.2, 0.25) is 0 Å². The van der Waals surface area contributed by atoms with Gasteiger partial charge < -0.3 is 5.73 Å². The Hall–Kier alpha value is -0.960. The number of rotatable bonds is 3. The first kappa shape index (κ1) is 10.1. The molecule has 0 aliphatic rings. The first-order valence-corrected chi connectivity index (χ1v) is 4.65. The maximum atomic E-state index is 5.53. The third-order valence-corrected chi connectivity index (χ3v) is 1.75. The number of nitrogens with two attached hydrogens (primary N) is 1. The minimum atomic E-state index is 0.494. The van der Waals surface area contributed by atoms with E-state index in [1.54, 1.807) is 0 Å². The van der Waals surface area contributed by atoms with E-state index < -0.39 is 0 Å². The van der Waals surface area contributed by atoms with Crippen LogP contribution in [0.5, 0.6) is 0 Å². The first-order valence-electron chi connectivity index (χ1n) is 4.65. The Morgan fingerprint density at radius 1 is 1.38 bits per heavy atom. The fourth-order valence-electron chi connectivity index (χ4n) is 1.26. The van der Waals surface area contributed by atoms with Gasteiger partial charge in [0.05, 0.1) is 5.69 Å². The van der Waals surface area contributed by atoms with Crippen molar-refractivity contribution >= 4 is 0 Å². The molecule has 0 atom stereocenters. The Morgan fingerprint density at radius 3 is 2.62 bits per heavy atom. The van der Waals surface area contributed by atoms with Crippen molar-refractivity contribution in [2.24, 2.45) is 11.7 Å². The lowest BCUT2D eigenvalue weighted by atomic mass is 10.1. The molecule has 1 aromatic rings. The molecule has 0 aliphatic carbocycles. The van der Waals surface area contributed by atoms with Gasteiger partial charge in [-0.25, -0.2) is 9.97 Å². The largest absolute Gasteiger partial charge is 0.325 e. The monoisotopic (exact) mass is 179 g/mol. The van der Waals surface area contributed by atoms with Crippen LogP contribution in [0.4, 0.5) is 0 Å². The zero-order chi connectivity index (χ0) is 9.84. The van der Waals surface area contributed by atoms with Gasteiger partial charge in [-0.05, 0) is 18.9 Å². The van der Waals surface area contributed by atoms with Crippen LogP contribution in [0.2, 0.25) is 0 Å². The van der Waals surface area contributed by atoms with E-state index in [0.29, 0.717) is 12.5 Å². The molecule has 0 saturated heterocycles. The summed E-state index contributed by atoms with van der Waals surface area (Å²) in [5, 5.41) is 0. The maximum absolute atomic E-state index is 5.53. The van der Waals surface area contributed by atoms with Gasteiger partial charge in [-0.3, -0.25) is 0 Å². The van der Waals surface area contributed by atoms with E-state index in [1.165, 1.54) is 0 Å². The smallest absolute Gasteiger partial charge is 0.129 e. The molecular formula is C10H17N3. The summed E-state index contributed by atoms with van der Waals surface area (Å²) in [5.41, 5.74) is 7.47. The third kappa shape index (κ3) is 3.11. The molecule has 13 heavy (non-hydrogen) atoms. The molecule has 0 unspecified atom stereocenters. The fourth-order valence-corrected chi connectivity index (χ4v) is 1.26. The van der Waals surface area contributed by atoms with Gasteiger partial charge in [0.15, 0.2) is 0 Å². The second-order valence-electron chi connectivity index (χ2n) is 3.72. The normalized spacial score (nSPS) is 10.8. The molecular weight excluding hydrogens is 162 g/mol. The topological polar surface area (TPSA) is 51.8 Å². The lowest BCUT2D eigenvalue weighted by Crippen LogP contribution is -2.07. The van der Waals surface area contributed by atoms with Gasteiger partial charge in [-0.15, -0.1) is 0 Å². The number of nitrogens with zero attached hydrogens (tertiary/aromatic N) is 2. The Balaban J connectivity index is 2.88. The van der Waals surface area contributed by atoms with Crippen LogP contribution >= 0.6 is 0 Å². The fraction of sp³-hybridized carbons (Fsp3) is 0.600. The first-order chi connectivity index (χ1) is 6.11. The van der Waals surface area contributed by atoms with E-state index in [9.17, 15) is 0 Å². The van der Waals surface area contributed by atoms with Crippen molar-refractivity contribution in [3.8, 4) is 0 Å². The van der Waals surface area contributed by atoms with E-state index in [4.69, 9.17) is 5.73 Å². The van der Waals surface area contributed by atoms with Crippen molar-refractivity contribution in [1.29, 1.82) is 0 Å². The summed E-state index contributed by atoms with van der Waals surface area (Å²) < 4.78 is 0. The van der Waals surface area contributed by atoms with E-state index in [1.807, 2.05) is 13.0 Å². The summed E-state index contributed by atoms with van der Waals surface area (Å²) >= 11 is 0. The van der Waals surface area contributed by atoms with Crippen LogP contribution in [0.1, 0.15) is 31.1 Å². The second kappa shape index (κ2) is 4.33. The van der Waals surface area contributed by atoms with Gasteiger partial charge in [-0.1, -0.05) is 13.8 Å². The molecule has 0 saturated carbocycles. The van der Waals surface area contributed by atoms with Gasteiger partial charge in [0.1, 0.15) is 5.82 Å². The number of aryl methyl sites for hydroxylation is 1. The molecule has 1 aromatic heterocycles. The maximum Gasteiger partial charge on any atom is 0.129 e. The average Bonchev–Trinajstić information content (AvgIpc) is 2.01. The average molecular weight is 179 g/mol. The van der Waals surface area contributed by atoms with Crippen molar-refractivity contribution in [3.63, 3.8) is 0 Å². The summed E-state index contributed by atoms with van der Waals surface area (Å²) in [5.74, 6) is 1.50. The zero-order valence-corrected chi connectivity index (χ0v) is 8.54. The lowest BCUT2D eigenvalue weighted by molar-refractivity contribution is 0.615. The quantitative estimate of drug-likeness (QED) is 0.764. The molecule has 0 bridgehead atoms. The molecule has 0 amide bonds. The molecule has 3 nitrogen and oxygen atoms in total. The predicted molar refractivity (Wildman–Crippen MR) is 53.2 cm³/mol. The van der Waals surface area contributed by atoms with E-state index in [2.05, 4.69) is 23.8 Å². The molecule has 0 radical (unpaired) electrons.